The van der Waals surface area contributed by atoms with Gasteiger partial charge in [0.05, 0.1) is 18.4 Å². The highest BCUT2D eigenvalue weighted by atomic mass is 16.5. The highest BCUT2D eigenvalue weighted by molar-refractivity contribution is 6.05. The van der Waals surface area contributed by atoms with E-state index in [0.29, 0.717) is 12.1 Å². The van der Waals surface area contributed by atoms with Crippen LogP contribution in [-0.4, -0.2) is 17.6 Å². The molecule has 4 rings (SSSR count). The molecule has 0 unspecified atom stereocenters. The van der Waals surface area contributed by atoms with Crippen molar-refractivity contribution in [3.05, 3.63) is 102 Å². The van der Waals surface area contributed by atoms with Crippen molar-refractivity contribution >= 4 is 5.91 Å². The third kappa shape index (κ3) is 3.97. The molecule has 31 heavy (non-hydrogen) atoms. The summed E-state index contributed by atoms with van der Waals surface area (Å²) in [5.74, 6) is 0.455. The maximum absolute atomic E-state index is 12.6. The van der Waals surface area contributed by atoms with E-state index in [1.165, 1.54) is 0 Å². The first kappa shape index (κ1) is 20.5. The van der Waals surface area contributed by atoms with E-state index in [-0.39, 0.29) is 0 Å². The summed E-state index contributed by atoms with van der Waals surface area (Å²) in [5.41, 5.74) is 12.4. The van der Waals surface area contributed by atoms with E-state index in [2.05, 4.69) is 22.8 Å². The molecular formula is C27H26N2O2. The second-order valence-corrected chi connectivity index (χ2v) is 7.49. The Hall–Kier alpha value is -3.79. The van der Waals surface area contributed by atoms with Gasteiger partial charge in [-0.2, -0.15) is 0 Å². The first-order chi connectivity index (χ1) is 15.1. The van der Waals surface area contributed by atoms with Crippen molar-refractivity contribution in [2.24, 2.45) is 5.73 Å². The Kier molecular flexibility index (Phi) is 5.89. The van der Waals surface area contributed by atoms with Crippen LogP contribution in [-0.2, 0) is 13.0 Å². The summed E-state index contributed by atoms with van der Waals surface area (Å²) >= 11 is 0. The minimum absolute atomic E-state index is 0.412. The summed E-state index contributed by atoms with van der Waals surface area (Å²) in [7, 11) is 1.69. The lowest BCUT2D eigenvalue weighted by molar-refractivity contribution is 0.1000. The maximum atomic E-state index is 12.6. The fraction of sp³-hybridized carbons (Fsp3) is 0.148. The fourth-order valence-corrected chi connectivity index (χ4v) is 4.24. The number of benzene rings is 3. The Morgan fingerprint density at radius 3 is 2.06 bits per heavy atom. The number of hydrogen-bond acceptors (Lipinski definition) is 2. The van der Waals surface area contributed by atoms with Crippen LogP contribution in [0.15, 0.2) is 84.9 Å². The van der Waals surface area contributed by atoms with E-state index in [0.717, 1.165) is 45.8 Å². The van der Waals surface area contributed by atoms with Crippen molar-refractivity contribution in [2.45, 2.75) is 19.9 Å². The van der Waals surface area contributed by atoms with Gasteiger partial charge in [-0.25, -0.2) is 0 Å². The summed E-state index contributed by atoms with van der Waals surface area (Å²) in [4.78, 5) is 12.6. The Bertz CT molecular complexity index is 1190. The van der Waals surface area contributed by atoms with Crippen LogP contribution < -0.4 is 10.5 Å². The lowest BCUT2D eigenvalue weighted by Crippen LogP contribution is -2.14. The van der Waals surface area contributed by atoms with Gasteiger partial charge in [-0.15, -0.1) is 0 Å². The summed E-state index contributed by atoms with van der Waals surface area (Å²) in [5, 5.41) is 0. The number of nitrogens with two attached hydrogens (primary N) is 1. The standard InChI is InChI=1S/C27H26N2O2/c1-19-24(27(28)30)25(21-12-5-3-6-13-21)26(22-14-7-4-8-15-22)29(19)18-17-20-11-9-10-16-23(20)31-2/h3-16H,17-18H2,1-2H3,(H2,28,30). The smallest absolute Gasteiger partial charge is 0.251 e. The van der Waals surface area contributed by atoms with Crippen molar-refractivity contribution in [1.29, 1.82) is 0 Å². The van der Waals surface area contributed by atoms with E-state index in [1.807, 2.05) is 73.7 Å². The van der Waals surface area contributed by atoms with Gasteiger partial charge in [-0.05, 0) is 36.1 Å². The number of amides is 1. The average molecular weight is 411 g/mol. The second-order valence-electron chi connectivity index (χ2n) is 7.49. The number of primary amides is 1. The lowest BCUT2D eigenvalue weighted by atomic mass is 9.96. The first-order valence-electron chi connectivity index (χ1n) is 10.4. The minimum Gasteiger partial charge on any atom is -0.496 e. The van der Waals surface area contributed by atoms with Crippen molar-refractivity contribution in [3.8, 4) is 28.1 Å². The fourth-order valence-electron chi connectivity index (χ4n) is 4.24. The molecule has 0 radical (unpaired) electrons. The molecule has 1 amide bonds. The molecule has 0 aliphatic rings. The highest BCUT2D eigenvalue weighted by Gasteiger charge is 2.25. The van der Waals surface area contributed by atoms with Gasteiger partial charge in [0.2, 0.25) is 0 Å². The van der Waals surface area contributed by atoms with Crippen molar-refractivity contribution in [3.63, 3.8) is 0 Å². The molecule has 4 aromatic rings. The zero-order valence-corrected chi connectivity index (χ0v) is 17.8. The summed E-state index contributed by atoms with van der Waals surface area (Å²) in [6, 6.07) is 28.2. The predicted octanol–water partition coefficient (Wildman–Crippen LogP) is 5.48. The zero-order valence-electron chi connectivity index (χ0n) is 17.8. The maximum Gasteiger partial charge on any atom is 0.251 e. The molecule has 2 N–H and O–H groups in total. The molecule has 4 nitrogen and oxygen atoms in total. The highest BCUT2D eigenvalue weighted by Crippen LogP contribution is 2.39. The zero-order chi connectivity index (χ0) is 21.8. The Labute approximate surface area is 182 Å². The number of nitrogens with zero attached hydrogens (tertiary/aromatic N) is 1. The molecule has 0 saturated carbocycles. The molecule has 1 heterocycles. The lowest BCUT2D eigenvalue weighted by Gasteiger charge is -2.15. The third-order valence-corrected chi connectivity index (χ3v) is 5.68. The number of carbonyl (C=O) groups excluding carboxylic acids is 1. The van der Waals surface area contributed by atoms with Gasteiger partial charge < -0.3 is 15.0 Å². The largest absolute Gasteiger partial charge is 0.496 e. The molecule has 0 fully saturated rings. The van der Waals surface area contributed by atoms with E-state index < -0.39 is 5.91 Å². The van der Waals surface area contributed by atoms with Crippen LogP contribution >= 0.6 is 0 Å². The molecule has 0 bridgehead atoms. The molecule has 0 saturated heterocycles. The Morgan fingerprint density at radius 1 is 0.871 bits per heavy atom. The normalized spacial score (nSPS) is 10.8. The van der Waals surface area contributed by atoms with Crippen LogP contribution in [0, 0.1) is 6.92 Å². The first-order valence-corrected chi connectivity index (χ1v) is 10.4. The number of aromatic nitrogens is 1. The molecule has 1 aromatic heterocycles. The molecule has 3 aromatic carbocycles. The Morgan fingerprint density at radius 2 is 1.45 bits per heavy atom. The van der Waals surface area contributed by atoms with E-state index in [4.69, 9.17) is 10.5 Å². The summed E-state index contributed by atoms with van der Waals surface area (Å²) < 4.78 is 7.74. The van der Waals surface area contributed by atoms with Gasteiger partial charge >= 0.3 is 0 Å². The van der Waals surface area contributed by atoms with Crippen LogP contribution in [0.1, 0.15) is 21.6 Å². The van der Waals surface area contributed by atoms with Gasteiger partial charge in [0.15, 0.2) is 0 Å². The van der Waals surface area contributed by atoms with Crippen LogP contribution in [0.5, 0.6) is 5.75 Å². The number of rotatable bonds is 7. The molecule has 156 valence electrons. The van der Waals surface area contributed by atoms with Crippen LogP contribution in [0.4, 0.5) is 0 Å². The van der Waals surface area contributed by atoms with Crippen LogP contribution in [0.2, 0.25) is 0 Å². The quantitative estimate of drug-likeness (QED) is 0.438. The van der Waals surface area contributed by atoms with Crippen molar-refractivity contribution in [1.82, 2.24) is 4.57 Å². The summed E-state index contributed by atoms with van der Waals surface area (Å²) in [6.45, 7) is 2.67. The topological polar surface area (TPSA) is 57.2 Å². The molecule has 0 spiro atoms. The average Bonchev–Trinajstić information content (AvgIpc) is 3.11. The predicted molar refractivity (Wildman–Crippen MR) is 125 cm³/mol. The van der Waals surface area contributed by atoms with Gasteiger partial charge in [-0.1, -0.05) is 78.9 Å². The number of ether oxygens (including phenoxy) is 1. The van der Waals surface area contributed by atoms with Crippen molar-refractivity contribution in [2.75, 3.05) is 7.11 Å². The van der Waals surface area contributed by atoms with Gasteiger partial charge in [-0.3, -0.25) is 4.79 Å². The van der Waals surface area contributed by atoms with Gasteiger partial charge in [0.25, 0.3) is 5.91 Å². The number of aryl methyl sites for hydroxylation is 1. The molecule has 0 atom stereocenters. The number of para-hydroxylation sites is 1. The second kappa shape index (κ2) is 8.92. The van der Waals surface area contributed by atoms with Crippen LogP contribution in [0.3, 0.4) is 0 Å². The van der Waals surface area contributed by atoms with E-state index in [1.54, 1.807) is 7.11 Å². The number of methoxy groups -OCH3 is 1. The van der Waals surface area contributed by atoms with Crippen LogP contribution in [0.25, 0.3) is 22.4 Å². The van der Waals surface area contributed by atoms with E-state index >= 15 is 0 Å². The SMILES string of the molecule is COc1ccccc1CCn1c(C)c(C(N)=O)c(-c2ccccc2)c1-c1ccccc1. The van der Waals surface area contributed by atoms with E-state index in [9.17, 15) is 4.79 Å². The molecule has 4 heteroatoms. The van der Waals surface area contributed by atoms with Gasteiger partial charge in [0.1, 0.15) is 5.75 Å². The molecule has 0 aliphatic carbocycles. The van der Waals surface area contributed by atoms with Crippen molar-refractivity contribution < 1.29 is 9.53 Å². The number of carbonyl (C=O) groups is 1. The summed E-state index contributed by atoms with van der Waals surface area (Å²) in [6.07, 6.45) is 0.770. The number of hydrogen-bond donors (Lipinski definition) is 1. The minimum atomic E-state index is -0.412. The Balaban J connectivity index is 1.91. The monoisotopic (exact) mass is 410 g/mol. The third-order valence-electron chi connectivity index (χ3n) is 5.68. The van der Waals surface area contributed by atoms with Gasteiger partial charge in [0, 0.05) is 17.8 Å². The molecular weight excluding hydrogens is 384 g/mol. The molecule has 0 aliphatic heterocycles.